The van der Waals surface area contributed by atoms with Crippen molar-refractivity contribution < 1.29 is 9.69 Å². The van der Waals surface area contributed by atoms with E-state index in [0.717, 1.165) is 54.6 Å². The second-order valence-electron chi connectivity index (χ2n) is 8.78. The first-order chi connectivity index (χ1) is 16.1. The molecule has 0 aliphatic carbocycles. The number of anilines is 1. The van der Waals surface area contributed by atoms with Crippen LogP contribution in [-0.4, -0.2) is 60.5 Å². The highest BCUT2D eigenvalue weighted by atomic mass is 16.2. The van der Waals surface area contributed by atoms with Gasteiger partial charge in [-0.25, -0.2) is 9.97 Å². The van der Waals surface area contributed by atoms with Crippen molar-refractivity contribution in [2.75, 3.05) is 44.7 Å². The maximum absolute atomic E-state index is 13.3. The van der Waals surface area contributed by atoms with Crippen LogP contribution in [0.25, 0.3) is 11.4 Å². The van der Waals surface area contributed by atoms with Crippen molar-refractivity contribution in [3.63, 3.8) is 0 Å². The summed E-state index contributed by atoms with van der Waals surface area (Å²) in [7, 11) is 2.22. The fourth-order valence-corrected chi connectivity index (χ4v) is 4.55. The van der Waals surface area contributed by atoms with Crippen LogP contribution in [0.4, 0.5) is 5.82 Å². The number of nitrogens with zero attached hydrogens (tertiary/aromatic N) is 5. The summed E-state index contributed by atoms with van der Waals surface area (Å²) in [6.45, 7) is 5.06. The molecular weight excluding hydrogens is 412 g/mol. The number of nitriles is 1. The van der Waals surface area contributed by atoms with E-state index in [4.69, 9.17) is 9.97 Å². The molecule has 0 saturated carbocycles. The molecule has 33 heavy (non-hydrogen) atoms. The summed E-state index contributed by atoms with van der Waals surface area (Å²) in [5, 5.41) is 9.20. The van der Waals surface area contributed by atoms with Crippen molar-refractivity contribution in [1.29, 1.82) is 5.26 Å². The Hall–Kier alpha value is -3.76. The number of carbonyl (C=O) groups excluding carboxylic acids is 1. The summed E-state index contributed by atoms with van der Waals surface area (Å²) in [5.74, 6) is 1.64. The fraction of sp³-hybridized carbons (Fsp3) is 0.308. The standard InChI is InChI=1S/C26H26N6O/c1-30-12-14-31(15-13-30)25-22-18-32(26(33)21-9-5-6-19(16-21)17-27)11-10-23(22)28-24(29-25)20-7-3-2-4-8-20/h2-9,16H,10-15,18H2,1H3/p+1. The summed E-state index contributed by atoms with van der Waals surface area (Å²) in [4.78, 5) is 28.9. The molecule has 7 heteroatoms. The van der Waals surface area contributed by atoms with Crippen LogP contribution in [0.1, 0.15) is 27.2 Å². The van der Waals surface area contributed by atoms with Crippen LogP contribution in [0.5, 0.6) is 0 Å². The van der Waals surface area contributed by atoms with Gasteiger partial charge in [0.05, 0.1) is 57.1 Å². The van der Waals surface area contributed by atoms with E-state index < -0.39 is 0 Å². The van der Waals surface area contributed by atoms with Crippen LogP contribution in [0, 0.1) is 11.3 Å². The van der Waals surface area contributed by atoms with Crippen LogP contribution in [-0.2, 0) is 13.0 Å². The average molecular weight is 440 g/mol. The van der Waals surface area contributed by atoms with Gasteiger partial charge in [0.15, 0.2) is 5.82 Å². The van der Waals surface area contributed by atoms with Gasteiger partial charge in [0, 0.05) is 29.7 Å². The Balaban J connectivity index is 1.51. The Bertz CT molecular complexity index is 1210. The molecule has 0 radical (unpaired) electrons. The number of likely N-dealkylation sites (N-methyl/N-ethyl adjacent to an activating group) is 1. The average Bonchev–Trinajstić information content (AvgIpc) is 2.88. The normalized spacial score (nSPS) is 16.2. The number of piperazine rings is 1. The highest BCUT2D eigenvalue weighted by Gasteiger charge is 2.30. The molecular formula is C26H27N6O+. The highest BCUT2D eigenvalue weighted by molar-refractivity contribution is 5.94. The lowest BCUT2D eigenvalue weighted by Crippen LogP contribution is -3.12. The first-order valence-electron chi connectivity index (χ1n) is 11.4. The zero-order valence-electron chi connectivity index (χ0n) is 18.8. The summed E-state index contributed by atoms with van der Waals surface area (Å²) < 4.78 is 0. The number of hydrogen-bond acceptors (Lipinski definition) is 5. The largest absolute Gasteiger partial charge is 0.345 e. The number of aromatic nitrogens is 2. The number of rotatable bonds is 3. The summed E-state index contributed by atoms with van der Waals surface area (Å²) in [5.41, 5.74) is 4.12. The SMILES string of the molecule is C[NH+]1CCN(c2nc(-c3ccccc3)nc3c2CN(C(=O)c2cccc(C#N)c2)CC3)CC1. The van der Waals surface area contributed by atoms with E-state index in [2.05, 4.69) is 18.0 Å². The van der Waals surface area contributed by atoms with E-state index in [1.807, 2.05) is 35.2 Å². The quantitative estimate of drug-likeness (QED) is 0.670. The smallest absolute Gasteiger partial charge is 0.254 e. The van der Waals surface area contributed by atoms with Crippen molar-refractivity contribution in [2.45, 2.75) is 13.0 Å². The zero-order chi connectivity index (χ0) is 22.8. The van der Waals surface area contributed by atoms with Gasteiger partial charge >= 0.3 is 0 Å². The Morgan fingerprint density at radius 3 is 2.58 bits per heavy atom. The molecule has 166 valence electrons. The maximum atomic E-state index is 13.3. The monoisotopic (exact) mass is 439 g/mol. The molecule has 0 atom stereocenters. The molecule has 1 N–H and O–H groups in total. The Morgan fingerprint density at radius 1 is 1.03 bits per heavy atom. The molecule has 7 nitrogen and oxygen atoms in total. The summed E-state index contributed by atoms with van der Waals surface area (Å²) in [6, 6.07) is 19.1. The molecule has 2 aromatic carbocycles. The lowest BCUT2D eigenvalue weighted by atomic mass is 10.0. The van der Waals surface area contributed by atoms with Crippen molar-refractivity contribution in [3.05, 3.63) is 77.0 Å². The summed E-state index contributed by atoms with van der Waals surface area (Å²) in [6.07, 6.45) is 0.688. The minimum absolute atomic E-state index is 0.0568. The third-order valence-corrected chi connectivity index (χ3v) is 6.51. The van der Waals surface area contributed by atoms with Gasteiger partial charge in [-0.2, -0.15) is 5.26 Å². The van der Waals surface area contributed by atoms with E-state index in [9.17, 15) is 10.1 Å². The lowest BCUT2D eigenvalue weighted by molar-refractivity contribution is -0.880. The Kier molecular flexibility index (Phi) is 5.76. The number of hydrogen-bond donors (Lipinski definition) is 1. The van der Waals surface area contributed by atoms with E-state index in [-0.39, 0.29) is 5.91 Å². The maximum Gasteiger partial charge on any atom is 0.254 e. The minimum atomic E-state index is -0.0568. The van der Waals surface area contributed by atoms with Crippen LogP contribution < -0.4 is 9.80 Å². The van der Waals surface area contributed by atoms with Crippen LogP contribution in [0.15, 0.2) is 54.6 Å². The molecule has 2 aliphatic heterocycles. The van der Waals surface area contributed by atoms with Gasteiger partial charge in [-0.05, 0) is 18.2 Å². The number of carbonyl (C=O) groups is 1. The molecule has 1 aromatic heterocycles. The molecule has 0 bridgehead atoms. The third-order valence-electron chi connectivity index (χ3n) is 6.51. The molecule has 0 spiro atoms. The molecule has 0 unspecified atom stereocenters. The highest BCUT2D eigenvalue weighted by Crippen LogP contribution is 2.30. The molecule has 1 amide bonds. The molecule has 1 saturated heterocycles. The van der Waals surface area contributed by atoms with Gasteiger partial charge in [-0.1, -0.05) is 36.4 Å². The molecule has 2 aliphatic rings. The zero-order valence-corrected chi connectivity index (χ0v) is 18.8. The number of amides is 1. The van der Waals surface area contributed by atoms with Crippen molar-refractivity contribution in [2.24, 2.45) is 0 Å². The minimum Gasteiger partial charge on any atom is -0.345 e. The van der Waals surface area contributed by atoms with Crippen LogP contribution >= 0.6 is 0 Å². The van der Waals surface area contributed by atoms with Crippen molar-refractivity contribution in [1.82, 2.24) is 14.9 Å². The molecule has 3 heterocycles. The van der Waals surface area contributed by atoms with Gasteiger partial charge in [0.1, 0.15) is 5.82 Å². The lowest BCUT2D eigenvalue weighted by Gasteiger charge is -2.35. The van der Waals surface area contributed by atoms with Gasteiger partial charge in [-0.15, -0.1) is 0 Å². The second kappa shape index (κ2) is 9.00. The van der Waals surface area contributed by atoms with Gasteiger partial charge in [0.25, 0.3) is 5.91 Å². The van der Waals surface area contributed by atoms with Crippen LogP contribution in [0.2, 0.25) is 0 Å². The number of fused-ring (bicyclic) bond motifs is 1. The van der Waals surface area contributed by atoms with E-state index in [1.165, 1.54) is 4.90 Å². The van der Waals surface area contributed by atoms with Crippen molar-refractivity contribution in [3.8, 4) is 17.5 Å². The van der Waals surface area contributed by atoms with E-state index >= 15 is 0 Å². The fourth-order valence-electron chi connectivity index (χ4n) is 4.55. The Morgan fingerprint density at radius 2 is 1.82 bits per heavy atom. The Labute approximate surface area is 193 Å². The summed E-state index contributed by atoms with van der Waals surface area (Å²) >= 11 is 0. The van der Waals surface area contributed by atoms with E-state index in [1.54, 1.807) is 24.3 Å². The van der Waals surface area contributed by atoms with Crippen molar-refractivity contribution >= 4 is 11.7 Å². The number of nitrogens with one attached hydrogen (secondary N) is 1. The molecule has 3 aromatic rings. The third kappa shape index (κ3) is 4.30. The van der Waals surface area contributed by atoms with Crippen LogP contribution in [0.3, 0.4) is 0 Å². The van der Waals surface area contributed by atoms with Gasteiger partial charge in [0.2, 0.25) is 0 Å². The van der Waals surface area contributed by atoms with E-state index in [0.29, 0.717) is 30.6 Å². The topological polar surface area (TPSA) is 77.6 Å². The second-order valence-corrected chi connectivity index (χ2v) is 8.78. The number of quaternary nitrogens is 1. The number of benzene rings is 2. The first kappa shape index (κ1) is 21.1. The molecule has 5 rings (SSSR count). The van der Waals surface area contributed by atoms with Gasteiger partial charge < -0.3 is 14.7 Å². The predicted molar refractivity (Wildman–Crippen MR) is 126 cm³/mol. The predicted octanol–water partition coefficient (Wildman–Crippen LogP) is 1.55. The first-order valence-corrected chi connectivity index (χ1v) is 11.4. The molecule has 1 fully saturated rings. The van der Waals surface area contributed by atoms with Gasteiger partial charge in [-0.3, -0.25) is 4.79 Å².